The Balaban J connectivity index is 1.94. The summed E-state index contributed by atoms with van der Waals surface area (Å²) in [5, 5.41) is 0. The Bertz CT molecular complexity index is 952. The van der Waals surface area contributed by atoms with E-state index in [1.54, 1.807) is 0 Å². The zero-order valence-electron chi connectivity index (χ0n) is 13.8. The third-order valence-electron chi connectivity index (χ3n) is 4.64. The first-order chi connectivity index (χ1) is 11.6. The number of hydrogen-bond acceptors (Lipinski definition) is 2. The fourth-order valence-corrected chi connectivity index (χ4v) is 3.74. The molecule has 4 rings (SSSR count). The van der Waals surface area contributed by atoms with Gasteiger partial charge in [0.05, 0.1) is 17.1 Å². The Kier molecular flexibility index (Phi) is 3.62. The fourth-order valence-electron chi connectivity index (χ4n) is 3.74. The first-order valence-corrected chi connectivity index (χ1v) is 8.27. The molecule has 0 bridgehead atoms. The van der Waals surface area contributed by atoms with Crippen molar-refractivity contribution in [2.45, 2.75) is 19.5 Å². The highest BCUT2D eigenvalue weighted by atomic mass is 16.1. The summed E-state index contributed by atoms with van der Waals surface area (Å²) < 4.78 is 1.93. The van der Waals surface area contributed by atoms with Crippen LogP contribution in [0.5, 0.6) is 0 Å². The van der Waals surface area contributed by atoms with Crippen LogP contribution in [0.2, 0.25) is 0 Å². The number of aromatic amines is 1. The van der Waals surface area contributed by atoms with Gasteiger partial charge in [-0.05, 0) is 24.1 Å². The van der Waals surface area contributed by atoms with E-state index in [1.165, 1.54) is 5.56 Å². The molecule has 0 saturated carbocycles. The summed E-state index contributed by atoms with van der Waals surface area (Å²) in [6.45, 7) is 8.57. The SMILES string of the molecule is C=C(C)CN1Cc2cccc3[nH]c(=O)n(c23)C(c2ccccc2)C1. The van der Waals surface area contributed by atoms with E-state index in [4.69, 9.17) is 0 Å². The molecule has 4 heteroatoms. The lowest BCUT2D eigenvalue weighted by Gasteiger charge is -2.25. The van der Waals surface area contributed by atoms with Crippen LogP contribution in [0, 0.1) is 0 Å². The van der Waals surface area contributed by atoms with Crippen LogP contribution in [0.15, 0.2) is 65.5 Å². The van der Waals surface area contributed by atoms with Crippen molar-refractivity contribution in [2.75, 3.05) is 13.1 Å². The Morgan fingerprint density at radius 2 is 2.00 bits per heavy atom. The van der Waals surface area contributed by atoms with Gasteiger partial charge < -0.3 is 4.98 Å². The average molecular weight is 319 g/mol. The van der Waals surface area contributed by atoms with Gasteiger partial charge in [0, 0.05) is 19.6 Å². The van der Waals surface area contributed by atoms with Gasteiger partial charge in [0.2, 0.25) is 0 Å². The molecular formula is C20H21N3O. The van der Waals surface area contributed by atoms with Gasteiger partial charge in [-0.15, -0.1) is 0 Å². The normalized spacial score (nSPS) is 17.8. The first-order valence-electron chi connectivity index (χ1n) is 8.27. The van der Waals surface area contributed by atoms with E-state index in [0.717, 1.165) is 41.8 Å². The number of nitrogens with one attached hydrogen (secondary N) is 1. The van der Waals surface area contributed by atoms with Gasteiger partial charge in [0.1, 0.15) is 0 Å². The topological polar surface area (TPSA) is 41.0 Å². The Morgan fingerprint density at radius 3 is 2.75 bits per heavy atom. The van der Waals surface area contributed by atoms with Crippen LogP contribution in [-0.4, -0.2) is 27.5 Å². The second-order valence-corrected chi connectivity index (χ2v) is 6.67. The Labute approximate surface area is 141 Å². The zero-order chi connectivity index (χ0) is 16.7. The number of H-pyrrole nitrogens is 1. The molecule has 0 radical (unpaired) electrons. The molecule has 1 aliphatic heterocycles. The summed E-state index contributed by atoms with van der Waals surface area (Å²) in [7, 11) is 0. The van der Waals surface area contributed by atoms with Crippen LogP contribution in [0.3, 0.4) is 0 Å². The fraction of sp³-hybridized carbons (Fsp3) is 0.250. The highest BCUT2D eigenvalue weighted by Crippen LogP contribution is 2.29. The van der Waals surface area contributed by atoms with Gasteiger partial charge in [0.15, 0.2) is 0 Å². The Hall–Kier alpha value is -2.59. The molecule has 0 saturated heterocycles. The van der Waals surface area contributed by atoms with E-state index < -0.39 is 0 Å². The first kappa shape index (κ1) is 15.0. The van der Waals surface area contributed by atoms with Crippen molar-refractivity contribution in [1.29, 1.82) is 0 Å². The van der Waals surface area contributed by atoms with Crippen molar-refractivity contribution in [3.63, 3.8) is 0 Å². The maximum Gasteiger partial charge on any atom is 0.327 e. The highest BCUT2D eigenvalue weighted by Gasteiger charge is 2.27. The van der Waals surface area contributed by atoms with E-state index in [2.05, 4.69) is 41.6 Å². The monoisotopic (exact) mass is 319 g/mol. The lowest BCUT2D eigenvalue weighted by Crippen LogP contribution is -2.33. The van der Waals surface area contributed by atoms with E-state index in [1.807, 2.05) is 34.9 Å². The summed E-state index contributed by atoms with van der Waals surface area (Å²) >= 11 is 0. The number of aromatic nitrogens is 2. The van der Waals surface area contributed by atoms with E-state index in [0.29, 0.717) is 0 Å². The predicted molar refractivity (Wildman–Crippen MR) is 97.2 cm³/mol. The lowest BCUT2D eigenvalue weighted by molar-refractivity contribution is 0.265. The minimum atomic E-state index is -0.0384. The number of hydrogen-bond donors (Lipinski definition) is 1. The molecule has 0 amide bonds. The molecule has 1 aliphatic rings. The highest BCUT2D eigenvalue weighted by molar-refractivity contribution is 5.79. The largest absolute Gasteiger partial charge is 0.327 e. The molecule has 2 aromatic carbocycles. The van der Waals surface area contributed by atoms with Crippen molar-refractivity contribution in [3.8, 4) is 0 Å². The van der Waals surface area contributed by atoms with Gasteiger partial charge in [-0.25, -0.2) is 4.79 Å². The van der Waals surface area contributed by atoms with Crippen LogP contribution in [0.25, 0.3) is 11.0 Å². The summed E-state index contributed by atoms with van der Waals surface area (Å²) in [6, 6.07) is 16.4. The zero-order valence-corrected chi connectivity index (χ0v) is 13.8. The van der Waals surface area contributed by atoms with Crippen molar-refractivity contribution < 1.29 is 0 Å². The molecule has 1 N–H and O–H groups in total. The molecule has 4 nitrogen and oxygen atoms in total. The summed E-state index contributed by atoms with van der Waals surface area (Å²) in [5.74, 6) is 0. The van der Waals surface area contributed by atoms with Gasteiger partial charge in [-0.3, -0.25) is 9.47 Å². The summed E-state index contributed by atoms with van der Waals surface area (Å²) in [4.78, 5) is 18.1. The summed E-state index contributed by atoms with van der Waals surface area (Å²) in [5.41, 5.74) is 5.38. The number of nitrogens with zero attached hydrogens (tertiary/aromatic N) is 2. The molecule has 0 fully saturated rings. The van der Waals surface area contributed by atoms with Crippen LogP contribution in [0.1, 0.15) is 24.1 Å². The van der Waals surface area contributed by atoms with Crippen molar-refractivity contribution in [3.05, 3.63) is 82.3 Å². The molecular weight excluding hydrogens is 298 g/mol. The molecule has 122 valence electrons. The van der Waals surface area contributed by atoms with Crippen LogP contribution in [-0.2, 0) is 6.54 Å². The van der Waals surface area contributed by atoms with Gasteiger partial charge in [0.25, 0.3) is 0 Å². The quantitative estimate of drug-likeness (QED) is 0.753. The summed E-state index contributed by atoms with van der Waals surface area (Å²) in [6.07, 6.45) is 0. The van der Waals surface area contributed by atoms with Crippen molar-refractivity contribution in [1.82, 2.24) is 14.5 Å². The second kappa shape index (κ2) is 5.80. The van der Waals surface area contributed by atoms with Gasteiger partial charge in [-0.2, -0.15) is 0 Å². The van der Waals surface area contributed by atoms with E-state index >= 15 is 0 Å². The molecule has 0 spiro atoms. The predicted octanol–water partition coefficient (Wildman–Crippen LogP) is 3.31. The third kappa shape index (κ3) is 2.49. The Morgan fingerprint density at radius 1 is 1.21 bits per heavy atom. The minimum absolute atomic E-state index is 0.00421. The smallest absolute Gasteiger partial charge is 0.306 e. The molecule has 24 heavy (non-hydrogen) atoms. The molecule has 3 aromatic rings. The van der Waals surface area contributed by atoms with E-state index in [9.17, 15) is 4.79 Å². The standard InChI is InChI=1S/C20H21N3O/c1-14(2)11-22-12-16-9-6-10-17-19(16)23(20(24)21-17)18(13-22)15-7-4-3-5-8-15/h3-10,18H,1,11-13H2,2H3,(H,21,24). The van der Waals surface area contributed by atoms with Crippen molar-refractivity contribution >= 4 is 11.0 Å². The molecule has 1 unspecified atom stereocenters. The lowest BCUT2D eigenvalue weighted by atomic mass is 10.1. The third-order valence-corrected chi connectivity index (χ3v) is 4.64. The minimum Gasteiger partial charge on any atom is -0.306 e. The number of para-hydroxylation sites is 1. The van der Waals surface area contributed by atoms with Crippen molar-refractivity contribution in [2.24, 2.45) is 0 Å². The molecule has 1 aromatic heterocycles. The number of rotatable bonds is 3. The van der Waals surface area contributed by atoms with Gasteiger partial charge in [-0.1, -0.05) is 54.6 Å². The van der Waals surface area contributed by atoms with E-state index in [-0.39, 0.29) is 11.7 Å². The molecule has 0 aliphatic carbocycles. The van der Waals surface area contributed by atoms with Gasteiger partial charge >= 0.3 is 5.69 Å². The van der Waals surface area contributed by atoms with Crippen LogP contribution >= 0.6 is 0 Å². The number of benzene rings is 2. The molecule has 2 heterocycles. The average Bonchev–Trinajstić information content (AvgIpc) is 2.79. The maximum atomic E-state index is 12.7. The number of imidazole rings is 1. The van der Waals surface area contributed by atoms with Crippen LogP contribution in [0.4, 0.5) is 0 Å². The maximum absolute atomic E-state index is 12.7. The van der Waals surface area contributed by atoms with Crippen LogP contribution < -0.4 is 5.69 Å². The second-order valence-electron chi connectivity index (χ2n) is 6.67. The molecule has 1 atom stereocenters.